The number of hydrogen-bond donors (Lipinski definition) is 1. The standard InChI is InChI=1S/C19H24N6O3/c1-6-24-17(19(27)23(4)5)15(10-20-24)21-18(26)16-8-7-14(28-16)11-25-13(3)9-12(2)22-25/h7-10H,6,11H2,1-5H3,(H,21,26). The first-order chi connectivity index (χ1) is 13.3. The summed E-state index contributed by atoms with van der Waals surface area (Å²) in [5.74, 6) is 0.0941. The van der Waals surface area contributed by atoms with Crippen LogP contribution in [-0.4, -0.2) is 50.4 Å². The van der Waals surface area contributed by atoms with E-state index in [0.717, 1.165) is 11.4 Å². The zero-order valence-corrected chi connectivity index (χ0v) is 16.7. The Morgan fingerprint density at radius 1 is 1.21 bits per heavy atom. The molecular weight excluding hydrogens is 360 g/mol. The molecule has 3 aromatic rings. The van der Waals surface area contributed by atoms with Gasteiger partial charge in [-0.2, -0.15) is 10.2 Å². The largest absolute Gasteiger partial charge is 0.454 e. The zero-order valence-electron chi connectivity index (χ0n) is 16.7. The van der Waals surface area contributed by atoms with Crippen molar-refractivity contribution in [3.05, 3.63) is 53.0 Å². The second kappa shape index (κ2) is 7.71. The smallest absolute Gasteiger partial charge is 0.291 e. The Hall–Kier alpha value is -3.36. The van der Waals surface area contributed by atoms with Gasteiger partial charge in [0.1, 0.15) is 11.5 Å². The number of nitrogens with zero attached hydrogens (tertiary/aromatic N) is 5. The summed E-state index contributed by atoms with van der Waals surface area (Å²) >= 11 is 0. The maximum Gasteiger partial charge on any atom is 0.291 e. The topological polar surface area (TPSA) is 98.2 Å². The SMILES string of the molecule is CCn1ncc(NC(=O)c2ccc(Cn3nc(C)cc3C)o2)c1C(=O)N(C)C. The van der Waals surface area contributed by atoms with E-state index in [0.29, 0.717) is 30.2 Å². The zero-order chi connectivity index (χ0) is 20.4. The summed E-state index contributed by atoms with van der Waals surface area (Å²) in [4.78, 5) is 26.5. The van der Waals surface area contributed by atoms with Crippen molar-refractivity contribution in [3.8, 4) is 0 Å². The molecule has 0 aliphatic heterocycles. The average Bonchev–Trinajstić information content (AvgIpc) is 3.34. The Morgan fingerprint density at radius 2 is 1.96 bits per heavy atom. The average molecular weight is 384 g/mol. The van der Waals surface area contributed by atoms with Crippen molar-refractivity contribution in [2.45, 2.75) is 33.9 Å². The Labute approximate surface area is 162 Å². The lowest BCUT2D eigenvalue weighted by Crippen LogP contribution is -2.26. The van der Waals surface area contributed by atoms with Crippen LogP contribution in [-0.2, 0) is 13.1 Å². The van der Waals surface area contributed by atoms with Crippen LogP contribution in [0.3, 0.4) is 0 Å². The number of carbonyl (C=O) groups excluding carboxylic acids is 2. The van der Waals surface area contributed by atoms with Crippen molar-refractivity contribution in [3.63, 3.8) is 0 Å². The van der Waals surface area contributed by atoms with E-state index in [9.17, 15) is 9.59 Å². The van der Waals surface area contributed by atoms with Gasteiger partial charge in [-0.1, -0.05) is 0 Å². The van der Waals surface area contributed by atoms with Gasteiger partial charge in [-0.25, -0.2) is 0 Å². The molecular formula is C19H24N6O3. The van der Waals surface area contributed by atoms with Gasteiger partial charge in [0.2, 0.25) is 0 Å². The van der Waals surface area contributed by atoms with Crippen LogP contribution in [0.25, 0.3) is 0 Å². The Kier molecular flexibility index (Phi) is 5.34. The molecule has 0 saturated heterocycles. The second-order valence-electron chi connectivity index (χ2n) is 6.73. The van der Waals surface area contributed by atoms with Gasteiger partial charge in [0.05, 0.1) is 24.1 Å². The van der Waals surface area contributed by atoms with Crippen LogP contribution >= 0.6 is 0 Å². The lowest BCUT2D eigenvalue weighted by molar-refractivity contribution is 0.0816. The van der Waals surface area contributed by atoms with E-state index in [-0.39, 0.29) is 11.7 Å². The normalized spacial score (nSPS) is 10.9. The quantitative estimate of drug-likeness (QED) is 0.703. The molecule has 2 amide bonds. The van der Waals surface area contributed by atoms with Gasteiger partial charge in [0.25, 0.3) is 11.8 Å². The Bertz CT molecular complexity index is 1010. The van der Waals surface area contributed by atoms with Gasteiger partial charge in [-0.3, -0.25) is 19.0 Å². The molecule has 9 heteroatoms. The van der Waals surface area contributed by atoms with Crippen LogP contribution in [0, 0.1) is 13.8 Å². The van der Waals surface area contributed by atoms with E-state index >= 15 is 0 Å². The summed E-state index contributed by atoms with van der Waals surface area (Å²) in [6.07, 6.45) is 1.47. The lowest BCUT2D eigenvalue weighted by atomic mass is 10.3. The fourth-order valence-corrected chi connectivity index (χ4v) is 2.91. The molecule has 3 heterocycles. The van der Waals surface area contributed by atoms with Crippen LogP contribution < -0.4 is 5.32 Å². The number of aromatic nitrogens is 4. The number of amides is 2. The van der Waals surface area contributed by atoms with Crippen LogP contribution in [0.1, 0.15) is 45.1 Å². The van der Waals surface area contributed by atoms with E-state index < -0.39 is 5.91 Å². The predicted octanol–water partition coefficient (Wildman–Crippen LogP) is 2.31. The van der Waals surface area contributed by atoms with Crippen molar-refractivity contribution in [2.24, 2.45) is 0 Å². The maximum absolute atomic E-state index is 12.6. The first-order valence-electron chi connectivity index (χ1n) is 8.98. The highest BCUT2D eigenvalue weighted by atomic mass is 16.4. The molecule has 0 atom stereocenters. The van der Waals surface area contributed by atoms with Crippen LogP contribution in [0.4, 0.5) is 5.69 Å². The monoisotopic (exact) mass is 384 g/mol. The molecule has 0 unspecified atom stereocenters. The first-order valence-corrected chi connectivity index (χ1v) is 8.98. The molecule has 0 saturated carbocycles. The number of rotatable bonds is 6. The molecule has 0 fully saturated rings. The molecule has 0 aliphatic rings. The van der Waals surface area contributed by atoms with Crippen LogP contribution in [0.5, 0.6) is 0 Å². The number of aryl methyl sites for hydroxylation is 3. The van der Waals surface area contributed by atoms with Crippen molar-refractivity contribution in [1.82, 2.24) is 24.5 Å². The third-order valence-corrected chi connectivity index (χ3v) is 4.29. The molecule has 3 rings (SSSR count). The van der Waals surface area contributed by atoms with Gasteiger partial charge in [0.15, 0.2) is 5.76 Å². The molecule has 3 aromatic heterocycles. The fraction of sp³-hybridized carbons (Fsp3) is 0.368. The molecule has 148 valence electrons. The van der Waals surface area contributed by atoms with Gasteiger partial charge in [-0.15, -0.1) is 0 Å². The number of carbonyl (C=O) groups is 2. The highest BCUT2D eigenvalue weighted by Crippen LogP contribution is 2.19. The predicted molar refractivity (Wildman–Crippen MR) is 103 cm³/mol. The molecule has 0 bridgehead atoms. The highest BCUT2D eigenvalue weighted by molar-refractivity contribution is 6.07. The van der Waals surface area contributed by atoms with Crippen molar-refractivity contribution in [2.75, 3.05) is 19.4 Å². The van der Waals surface area contributed by atoms with Crippen molar-refractivity contribution >= 4 is 17.5 Å². The minimum absolute atomic E-state index is 0.157. The summed E-state index contributed by atoms with van der Waals surface area (Å²) < 4.78 is 9.04. The number of hydrogen-bond acceptors (Lipinski definition) is 5. The molecule has 28 heavy (non-hydrogen) atoms. The van der Waals surface area contributed by atoms with Gasteiger partial charge >= 0.3 is 0 Å². The number of anilines is 1. The lowest BCUT2D eigenvalue weighted by Gasteiger charge is -2.13. The van der Waals surface area contributed by atoms with Gasteiger partial charge in [-0.05, 0) is 39.0 Å². The van der Waals surface area contributed by atoms with Crippen molar-refractivity contribution in [1.29, 1.82) is 0 Å². The van der Waals surface area contributed by atoms with E-state index in [1.54, 1.807) is 30.9 Å². The van der Waals surface area contributed by atoms with E-state index in [2.05, 4.69) is 15.5 Å². The van der Waals surface area contributed by atoms with Crippen LogP contribution in [0.15, 0.2) is 28.8 Å². The molecule has 0 radical (unpaired) electrons. The van der Waals surface area contributed by atoms with E-state index in [1.807, 2.05) is 31.5 Å². The number of furan rings is 1. The maximum atomic E-state index is 12.6. The Morgan fingerprint density at radius 3 is 2.57 bits per heavy atom. The third kappa shape index (κ3) is 3.83. The summed E-state index contributed by atoms with van der Waals surface area (Å²) in [5, 5.41) is 11.3. The van der Waals surface area contributed by atoms with Crippen LogP contribution in [0.2, 0.25) is 0 Å². The van der Waals surface area contributed by atoms with Gasteiger partial charge < -0.3 is 14.6 Å². The van der Waals surface area contributed by atoms with E-state index in [4.69, 9.17) is 4.42 Å². The number of nitrogens with one attached hydrogen (secondary N) is 1. The molecule has 0 aromatic carbocycles. The summed E-state index contributed by atoms with van der Waals surface area (Å²) in [6.45, 7) is 6.71. The molecule has 1 N–H and O–H groups in total. The second-order valence-corrected chi connectivity index (χ2v) is 6.73. The van der Waals surface area contributed by atoms with E-state index in [1.165, 1.54) is 11.1 Å². The van der Waals surface area contributed by atoms with Crippen molar-refractivity contribution < 1.29 is 14.0 Å². The summed E-state index contributed by atoms with van der Waals surface area (Å²) in [6, 6.07) is 5.33. The Balaban J connectivity index is 1.77. The summed E-state index contributed by atoms with van der Waals surface area (Å²) in [5.41, 5.74) is 2.61. The molecule has 0 aliphatic carbocycles. The molecule has 9 nitrogen and oxygen atoms in total. The van der Waals surface area contributed by atoms with Gasteiger partial charge in [0, 0.05) is 26.3 Å². The molecule has 0 spiro atoms. The summed E-state index contributed by atoms with van der Waals surface area (Å²) in [7, 11) is 3.30. The third-order valence-electron chi connectivity index (χ3n) is 4.29. The fourth-order valence-electron chi connectivity index (χ4n) is 2.91. The minimum Gasteiger partial charge on any atom is -0.454 e. The first kappa shape index (κ1) is 19.4. The minimum atomic E-state index is -0.442. The highest BCUT2D eigenvalue weighted by Gasteiger charge is 2.22.